The second-order valence-corrected chi connectivity index (χ2v) is 7.86. The zero-order chi connectivity index (χ0) is 21.6. The molecule has 31 heavy (non-hydrogen) atoms. The molecule has 0 radical (unpaired) electrons. The maximum Gasteiger partial charge on any atom is 0.226 e. The predicted molar refractivity (Wildman–Crippen MR) is 119 cm³/mol. The molecule has 1 aromatic heterocycles. The largest absolute Gasteiger partial charge is 0.477 e. The summed E-state index contributed by atoms with van der Waals surface area (Å²) in [4.78, 5) is 8.78. The van der Waals surface area contributed by atoms with Crippen LogP contribution >= 0.6 is 0 Å². The molecule has 0 bridgehead atoms. The molecule has 1 saturated carbocycles. The quantitative estimate of drug-likeness (QED) is 0.569. The van der Waals surface area contributed by atoms with Crippen molar-refractivity contribution in [3.8, 4) is 34.7 Å². The van der Waals surface area contributed by atoms with E-state index in [1.807, 2.05) is 25.1 Å². The molecule has 0 spiro atoms. The van der Waals surface area contributed by atoms with E-state index in [1.165, 1.54) is 24.8 Å². The Labute approximate surface area is 182 Å². The van der Waals surface area contributed by atoms with Gasteiger partial charge in [-0.25, -0.2) is 0 Å². The summed E-state index contributed by atoms with van der Waals surface area (Å²) in [6.45, 7) is 3.09. The van der Waals surface area contributed by atoms with Gasteiger partial charge in [0.1, 0.15) is 11.6 Å². The van der Waals surface area contributed by atoms with Crippen molar-refractivity contribution < 1.29 is 9.47 Å². The summed E-state index contributed by atoms with van der Waals surface area (Å²) >= 11 is 0. The van der Waals surface area contributed by atoms with Crippen LogP contribution in [0.1, 0.15) is 36.2 Å². The highest BCUT2D eigenvalue weighted by Crippen LogP contribution is 2.35. The Bertz CT molecular complexity index is 1090. The van der Waals surface area contributed by atoms with Crippen LogP contribution in [0.2, 0.25) is 0 Å². The normalized spacial score (nSPS) is 13.3. The van der Waals surface area contributed by atoms with Crippen LogP contribution in [0.4, 0.5) is 0 Å². The number of hydrogen-bond donors (Lipinski definition) is 1. The van der Waals surface area contributed by atoms with Crippen LogP contribution in [0.15, 0.2) is 48.5 Å². The molecule has 0 saturated heterocycles. The Balaban J connectivity index is 1.61. The van der Waals surface area contributed by atoms with Crippen molar-refractivity contribution >= 4 is 0 Å². The fourth-order valence-corrected chi connectivity index (χ4v) is 3.55. The minimum atomic E-state index is 0.396. The molecule has 158 valence electrons. The Hall–Kier alpha value is -3.43. The van der Waals surface area contributed by atoms with E-state index in [1.54, 1.807) is 18.2 Å². The molecular formula is C25H26N4O2. The Morgan fingerprint density at radius 1 is 1.06 bits per heavy atom. The summed E-state index contributed by atoms with van der Waals surface area (Å²) in [7, 11) is 0. The predicted octanol–water partition coefficient (Wildman–Crippen LogP) is 4.80. The first-order valence-electron chi connectivity index (χ1n) is 10.6. The molecule has 0 atom stereocenters. The van der Waals surface area contributed by atoms with Crippen molar-refractivity contribution in [2.45, 2.75) is 32.6 Å². The molecule has 1 aliphatic carbocycles. The van der Waals surface area contributed by atoms with Gasteiger partial charge < -0.3 is 15.2 Å². The number of hydrogen-bond acceptors (Lipinski definition) is 6. The smallest absolute Gasteiger partial charge is 0.226 e. The van der Waals surface area contributed by atoms with E-state index in [-0.39, 0.29) is 0 Å². The average molecular weight is 415 g/mol. The fourth-order valence-electron chi connectivity index (χ4n) is 3.55. The van der Waals surface area contributed by atoms with Gasteiger partial charge in [0.25, 0.3) is 0 Å². The van der Waals surface area contributed by atoms with Crippen LogP contribution in [0.3, 0.4) is 0 Å². The summed E-state index contributed by atoms with van der Waals surface area (Å²) in [6, 6.07) is 17.5. The van der Waals surface area contributed by atoms with Crippen molar-refractivity contribution in [2.75, 3.05) is 13.2 Å². The number of benzene rings is 2. The van der Waals surface area contributed by atoms with E-state index < -0.39 is 0 Å². The van der Waals surface area contributed by atoms with Crippen molar-refractivity contribution in [3.63, 3.8) is 0 Å². The summed E-state index contributed by atoms with van der Waals surface area (Å²) < 4.78 is 12.0. The molecule has 1 aliphatic rings. The van der Waals surface area contributed by atoms with E-state index in [0.717, 1.165) is 17.5 Å². The highest BCUT2D eigenvalue weighted by atomic mass is 16.5. The van der Waals surface area contributed by atoms with Crippen LogP contribution in [-0.4, -0.2) is 23.1 Å². The second kappa shape index (κ2) is 9.59. The second-order valence-electron chi connectivity index (χ2n) is 7.86. The highest BCUT2D eigenvalue weighted by molar-refractivity contribution is 5.72. The van der Waals surface area contributed by atoms with Gasteiger partial charge in [-0.15, -0.1) is 0 Å². The Kier molecular flexibility index (Phi) is 6.44. The first-order chi connectivity index (χ1) is 15.1. The van der Waals surface area contributed by atoms with Crippen LogP contribution < -0.4 is 15.2 Å². The van der Waals surface area contributed by atoms with Gasteiger partial charge in [-0.3, -0.25) is 0 Å². The standard InChI is InChI=1S/C25H26N4O2/c1-17-28-24(30-16-19-3-2-4-19)14-25(29-17)31-23-13-20(15-27)7-10-22(23)21-8-5-18(6-9-21)11-12-26/h5-10,13-14,19H,2-4,11-12,16,26H2,1H3. The van der Waals surface area contributed by atoms with E-state index in [9.17, 15) is 5.26 Å². The molecule has 3 aromatic rings. The van der Waals surface area contributed by atoms with Crippen LogP contribution in [0.25, 0.3) is 11.1 Å². The maximum atomic E-state index is 9.36. The Morgan fingerprint density at radius 3 is 2.52 bits per heavy atom. The van der Waals surface area contributed by atoms with E-state index in [0.29, 0.717) is 48.0 Å². The average Bonchev–Trinajstić information content (AvgIpc) is 2.73. The van der Waals surface area contributed by atoms with Gasteiger partial charge in [0.2, 0.25) is 11.8 Å². The molecule has 1 fully saturated rings. The molecule has 6 heteroatoms. The number of nitrogens with two attached hydrogens (primary N) is 1. The van der Waals surface area contributed by atoms with Gasteiger partial charge in [-0.2, -0.15) is 15.2 Å². The van der Waals surface area contributed by atoms with Crippen LogP contribution in [-0.2, 0) is 6.42 Å². The van der Waals surface area contributed by atoms with Gasteiger partial charge in [0, 0.05) is 5.56 Å². The highest BCUT2D eigenvalue weighted by Gasteiger charge is 2.19. The molecule has 2 aromatic carbocycles. The zero-order valence-corrected chi connectivity index (χ0v) is 17.7. The van der Waals surface area contributed by atoms with E-state index in [2.05, 4.69) is 28.2 Å². The molecule has 0 amide bonds. The van der Waals surface area contributed by atoms with Crippen molar-refractivity contribution in [1.82, 2.24) is 9.97 Å². The third-order valence-electron chi connectivity index (χ3n) is 5.51. The molecule has 6 nitrogen and oxygen atoms in total. The summed E-state index contributed by atoms with van der Waals surface area (Å²) in [5.41, 5.74) is 9.23. The maximum absolute atomic E-state index is 9.36. The lowest BCUT2D eigenvalue weighted by molar-refractivity contribution is 0.174. The minimum Gasteiger partial charge on any atom is -0.477 e. The zero-order valence-electron chi connectivity index (χ0n) is 17.7. The van der Waals surface area contributed by atoms with Gasteiger partial charge >= 0.3 is 0 Å². The molecule has 2 N–H and O–H groups in total. The first kappa shape index (κ1) is 20.8. The van der Waals surface area contributed by atoms with Crippen molar-refractivity contribution in [2.24, 2.45) is 11.7 Å². The minimum absolute atomic E-state index is 0.396. The summed E-state index contributed by atoms with van der Waals surface area (Å²) in [5.74, 6) is 2.66. The molecule has 0 unspecified atom stereocenters. The fraction of sp³-hybridized carbons (Fsp3) is 0.320. The molecule has 0 aliphatic heterocycles. The molecule has 4 rings (SSSR count). The number of aryl methyl sites for hydroxylation is 1. The number of ether oxygens (including phenoxy) is 2. The lowest BCUT2D eigenvalue weighted by atomic mass is 9.86. The van der Waals surface area contributed by atoms with Gasteiger partial charge in [0.15, 0.2) is 0 Å². The molecule has 1 heterocycles. The number of nitrogens with zero attached hydrogens (tertiary/aromatic N) is 3. The van der Waals surface area contributed by atoms with Crippen molar-refractivity contribution in [3.05, 3.63) is 65.5 Å². The van der Waals surface area contributed by atoms with Gasteiger partial charge in [-0.05, 0) is 68.0 Å². The molecular weight excluding hydrogens is 388 g/mol. The van der Waals surface area contributed by atoms with E-state index >= 15 is 0 Å². The third-order valence-corrected chi connectivity index (χ3v) is 5.51. The van der Waals surface area contributed by atoms with Crippen LogP contribution in [0, 0.1) is 24.2 Å². The van der Waals surface area contributed by atoms with E-state index in [4.69, 9.17) is 15.2 Å². The first-order valence-corrected chi connectivity index (χ1v) is 10.6. The number of rotatable bonds is 8. The number of nitriles is 1. The van der Waals surface area contributed by atoms with Crippen molar-refractivity contribution in [1.29, 1.82) is 5.26 Å². The topological polar surface area (TPSA) is 94.0 Å². The third kappa shape index (κ3) is 5.19. The summed E-state index contributed by atoms with van der Waals surface area (Å²) in [6.07, 6.45) is 4.53. The van der Waals surface area contributed by atoms with Crippen LogP contribution in [0.5, 0.6) is 17.5 Å². The number of aromatic nitrogens is 2. The van der Waals surface area contributed by atoms with Gasteiger partial charge in [0.05, 0.1) is 24.3 Å². The lowest BCUT2D eigenvalue weighted by Crippen LogP contribution is -2.19. The monoisotopic (exact) mass is 414 g/mol. The SMILES string of the molecule is Cc1nc(OCC2CCC2)cc(Oc2cc(C#N)ccc2-c2ccc(CCN)cc2)n1. The van der Waals surface area contributed by atoms with Gasteiger partial charge in [-0.1, -0.05) is 30.7 Å². The summed E-state index contributed by atoms with van der Waals surface area (Å²) in [5, 5.41) is 9.36. The lowest BCUT2D eigenvalue weighted by Gasteiger charge is -2.24. The Morgan fingerprint density at radius 2 is 1.84 bits per heavy atom.